The number of fused-ring (bicyclic) bond motifs is 1. The molecule has 0 amide bonds. The second kappa shape index (κ2) is 3.55. The van der Waals surface area contributed by atoms with Crippen LogP contribution in [-0.4, -0.2) is 9.36 Å². The lowest BCUT2D eigenvalue weighted by molar-refractivity contribution is 0.531. The molecule has 2 N–H and O–H groups in total. The van der Waals surface area contributed by atoms with Gasteiger partial charge in [-0.05, 0) is 18.6 Å². The van der Waals surface area contributed by atoms with Crippen molar-refractivity contribution in [3.8, 4) is 0 Å². The smallest absolute Gasteiger partial charge is 0.274 e. The summed E-state index contributed by atoms with van der Waals surface area (Å²) < 4.78 is 3.60. The SMILES string of the molecule is CCn1c(=O)c2cccc(CN)c2n1C. The number of rotatable bonds is 2. The van der Waals surface area contributed by atoms with Crippen molar-refractivity contribution in [2.24, 2.45) is 12.8 Å². The first-order valence-corrected chi connectivity index (χ1v) is 5.08. The van der Waals surface area contributed by atoms with E-state index in [1.165, 1.54) is 0 Å². The van der Waals surface area contributed by atoms with Crippen LogP contribution in [0.3, 0.4) is 0 Å². The number of nitrogens with two attached hydrogens (primary N) is 1. The van der Waals surface area contributed by atoms with Crippen LogP contribution in [-0.2, 0) is 20.1 Å². The summed E-state index contributed by atoms with van der Waals surface area (Å²) in [5.74, 6) is 0. The fourth-order valence-corrected chi connectivity index (χ4v) is 2.06. The number of para-hydroxylation sites is 1. The first kappa shape index (κ1) is 9.98. The van der Waals surface area contributed by atoms with Gasteiger partial charge < -0.3 is 5.73 Å². The van der Waals surface area contributed by atoms with Gasteiger partial charge in [-0.1, -0.05) is 12.1 Å². The van der Waals surface area contributed by atoms with Crippen molar-refractivity contribution in [3.63, 3.8) is 0 Å². The van der Waals surface area contributed by atoms with E-state index in [1.807, 2.05) is 36.9 Å². The number of hydrogen-bond donors (Lipinski definition) is 1. The van der Waals surface area contributed by atoms with Crippen molar-refractivity contribution in [2.45, 2.75) is 20.0 Å². The predicted octanol–water partition coefficient (Wildman–Crippen LogP) is 0.819. The lowest BCUT2D eigenvalue weighted by Gasteiger charge is -2.06. The maximum absolute atomic E-state index is 11.9. The molecular formula is C11H15N3O. The zero-order chi connectivity index (χ0) is 11.0. The van der Waals surface area contributed by atoms with Gasteiger partial charge in [0.2, 0.25) is 0 Å². The third kappa shape index (κ3) is 1.29. The third-order valence-electron chi connectivity index (χ3n) is 2.79. The van der Waals surface area contributed by atoms with E-state index in [0.29, 0.717) is 13.1 Å². The molecule has 2 aromatic rings. The van der Waals surface area contributed by atoms with Crippen LogP contribution in [0.15, 0.2) is 23.0 Å². The van der Waals surface area contributed by atoms with Gasteiger partial charge in [-0.25, -0.2) is 0 Å². The molecule has 1 heterocycles. The van der Waals surface area contributed by atoms with E-state index in [2.05, 4.69) is 0 Å². The summed E-state index contributed by atoms with van der Waals surface area (Å²) in [6.45, 7) is 3.09. The molecule has 0 spiro atoms. The molecule has 4 nitrogen and oxygen atoms in total. The highest BCUT2D eigenvalue weighted by Gasteiger charge is 2.11. The molecule has 15 heavy (non-hydrogen) atoms. The highest BCUT2D eigenvalue weighted by molar-refractivity contribution is 5.81. The van der Waals surface area contributed by atoms with Gasteiger partial charge in [0.1, 0.15) is 0 Å². The number of aryl methyl sites for hydroxylation is 1. The lowest BCUT2D eigenvalue weighted by Crippen LogP contribution is -2.19. The molecule has 0 aliphatic rings. The number of nitrogens with zero attached hydrogens (tertiary/aromatic N) is 2. The standard InChI is InChI=1S/C11H15N3O/c1-3-14-11(15)9-6-4-5-8(7-12)10(9)13(14)2/h4-6H,3,7,12H2,1-2H3. The van der Waals surface area contributed by atoms with Gasteiger partial charge in [-0.2, -0.15) is 0 Å². The highest BCUT2D eigenvalue weighted by atomic mass is 16.1. The van der Waals surface area contributed by atoms with Crippen molar-refractivity contribution >= 4 is 10.9 Å². The molecule has 0 unspecified atom stereocenters. The van der Waals surface area contributed by atoms with Crippen molar-refractivity contribution in [3.05, 3.63) is 34.1 Å². The highest BCUT2D eigenvalue weighted by Crippen LogP contribution is 2.15. The van der Waals surface area contributed by atoms with Crippen LogP contribution in [0.5, 0.6) is 0 Å². The normalized spacial score (nSPS) is 11.1. The minimum Gasteiger partial charge on any atom is -0.326 e. The van der Waals surface area contributed by atoms with Crippen LogP contribution in [0.2, 0.25) is 0 Å². The van der Waals surface area contributed by atoms with Crippen LogP contribution in [0.1, 0.15) is 12.5 Å². The molecule has 80 valence electrons. The molecule has 1 aromatic heterocycles. The Balaban J connectivity index is 2.95. The molecule has 0 radical (unpaired) electrons. The Morgan fingerprint density at radius 1 is 1.40 bits per heavy atom. The maximum Gasteiger partial charge on any atom is 0.274 e. The molecule has 0 bridgehead atoms. The summed E-state index contributed by atoms with van der Waals surface area (Å²) in [6, 6.07) is 5.69. The second-order valence-electron chi connectivity index (χ2n) is 3.56. The molecule has 0 atom stereocenters. The van der Waals surface area contributed by atoms with Crippen LogP contribution in [0, 0.1) is 0 Å². The summed E-state index contributed by atoms with van der Waals surface area (Å²) in [4.78, 5) is 11.9. The van der Waals surface area contributed by atoms with Crippen molar-refractivity contribution < 1.29 is 0 Å². The Hall–Kier alpha value is -1.55. The summed E-state index contributed by atoms with van der Waals surface area (Å²) >= 11 is 0. The molecular weight excluding hydrogens is 190 g/mol. The third-order valence-corrected chi connectivity index (χ3v) is 2.79. The summed E-state index contributed by atoms with van der Waals surface area (Å²) in [5.41, 5.74) is 7.69. The zero-order valence-electron chi connectivity index (χ0n) is 9.03. The second-order valence-corrected chi connectivity index (χ2v) is 3.56. The average molecular weight is 205 g/mol. The monoisotopic (exact) mass is 205 g/mol. The quantitative estimate of drug-likeness (QED) is 0.789. The fraction of sp³-hybridized carbons (Fsp3) is 0.364. The molecule has 0 saturated carbocycles. The molecule has 0 aliphatic heterocycles. The van der Waals surface area contributed by atoms with Gasteiger partial charge >= 0.3 is 0 Å². The summed E-state index contributed by atoms with van der Waals surface area (Å²) in [6.07, 6.45) is 0. The van der Waals surface area contributed by atoms with Crippen LogP contribution in [0.4, 0.5) is 0 Å². The van der Waals surface area contributed by atoms with E-state index in [9.17, 15) is 4.79 Å². The topological polar surface area (TPSA) is 52.9 Å². The largest absolute Gasteiger partial charge is 0.326 e. The van der Waals surface area contributed by atoms with Crippen molar-refractivity contribution in [1.29, 1.82) is 0 Å². The van der Waals surface area contributed by atoms with Crippen LogP contribution in [0.25, 0.3) is 10.9 Å². The summed E-state index contributed by atoms with van der Waals surface area (Å²) in [7, 11) is 1.90. The Morgan fingerprint density at radius 3 is 2.73 bits per heavy atom. The van der Waals surface area contributed by atoms with Gasteiger partial charge in [0.15, 0.2) is 0 Å². The van der Waals surface area contributed by atoms with Gasteiger partial charge in [0.05, 0.1) is 10.9 Å². The average Bonchev–Trinajstić information content (AvgIpc) is 2.51. The minimum atomic E-state index is 0.0605. The Bertz CT molecular complexity index is 551. The number of aromatic nitrogens is 2. The van der Waals surface area contributed by atoms with Crippen LogP contribution >= 0.6 is 0 Å². The minimum absolute atomic E-state index is 0.0605. The Labute approximate surface area is 87.9 Å². The zero-order valence-corrected chi connectivity index (χ0v) is 9.03. The first-order valence-electron chi connectivity index (χ1n) is 5.08. The van der Waals surface area contributed by atoms with Gasteiger partial charge in [0, 0.05) is 20.1 Å². The lowest BCUT2D eigenvalue weighted by atomic mass is 10.1. The van der Waals surface area contributed by atoms with E-state index in [1.54, 1.807) is 4.68 Å². The van der Waals surface area contributed by atoms with E-state index in [-0.39, 0.29) is 5.56 Å². The predicted molar refractivity (Wildman–Crippen MR) is 60.7 cm³/mol. The van der Waals surface area contributed by atoms with Crippen molar-refractivity contribution in [1.82, 2.24) is 9.36 Å². The van der Waals surface area contributed by atoms with E-state index < -0.39 is 0 Å². The molecule has 0 saturated heterocycles. The molecule has 2 rings (SSSR count). The molecule has 0 aliphatic carbocycles. The number of hydrogen-bond acceptors (Lipinski definition) is 2. The Kier molecular flexibility index (Phi) is 2.36. The van der Waals surface area contributed by atoms with Gasteiger partial charge in [0.25, 0.3) is 5.56 Å². The fourth-order valence-electron chi connectivity index (χ4n) is 2.06. The number of benzene rings is 1. The molecule has 0 fully saturated rings. The van der Waals surface area contributed by atoms with Gasteiger partial charge in [-0.3, -0.25) is 14.2 Å². The van der Waals surface area contributed by atoms with Gasteiger partial charge in [-0.15, -0.1) is 0 Å². The van der Waals surface area contributed by atoms with Crippen LogP contribution < -0.4 is 11.3 Å². The van der Waals surface area contributed by atoms with E-state index >= 15 is 0 Å². The molecule has 4 heteroatoms. The Morgan fingerprint density at radius 2 is 2.13 bits per heavy atom. The van der Waals surface area contributed by atoms with Crippen molar-refractivity contribution in [2.75, 3.05) is 0 Å². The van der Waals surface area contributed by atoms with E-state index in [0.717, 1.165) is 16.5 Å². The van der Waals surface area contributed by atoms with E-state index in [4.69, 9.17) is 5.73 Å². The first-order chi connectivity index (χ1) is 7.20. The maximum atomic E-state index is 11.9. The summed E-state index contributed by atoms with van der Waals surface area (Å²) in [5, 5.41) is 0.752. The molecule has 1 aromatic carbocycles.